The lowest BCUT2D eigenvalue weighted by Gasteiger charge is -2.15. The number of hydrogen-bond donors (Lipinski definition) is 1. The average Bonchev–Trinajstić information content (AvgIpc) is 2.73. The van der Waals surface area contributed by atoms with E-state index in [1.54, 1.807) is 49.4 Å². The summed E-state index contributed by atoms with van der Waals surface area (Å²) in [5, 5.41) is 0.484. The second-order valence-corrected chi connectivity index (χ2v) is 7.41. The van der Waals surface area contributed by atoms with Crippen LogP contribution in [0.2, 0.25) is 0 Å². The molecule has 0 bridgehead atoms. The van der Waals surface area contributed by atoms with Crippen molar-refractivity contribution >= 4 is 16.9 Å². The third-order valence-electron chi connectivity index (χ3n) is 4.65. The molecule has 3 aromatic rings. The van der Waals surface area contributed by atoms with Crippen molar-refractivity contribution in [3.8, 4) is 11.5 Å². The minimum atomic E-state index is -0.734. The number of carbonyl (C=O) groups excluding carboxylic acids is 1. The van der Waals surface area contributed by atoms with E-state index in [9.17, 15) is 9.59 Å². The molecule has 0 amide bonds. The summed E-state index contributed by atoms with van der Waals surface area (Å²) in [6.07, 6.45) is 0.185. The maximum atomic E-state index is 12.6. The predicted octanol–water partition coefficient (Wildman–Crippen LogP) is 4.27. The first-order chi connectivity index (χ1) is 14.4. The number of esters is 1. The summed E-state index contributed by atoms with van der Waals surface area (Å²) in [5.74, 6) is 1.29. The van der Waals surface area contributed by atoms with Gasteiger partial charge in [0.25, 0.3) is 5.56 Å². The number of fused-ring (bicyclic) bond motifs is 1. The molecule has 1 N–H and O–H groups in total. The number of nitrogens with zero attached hydrogens (tertiary/aromatic N) is 1. The Kier molecular flexibility index (Phi) is 6.72. The highest BCUT2D eigenvalue weighted by molar-refractivity contribution is 5.90. The Morgan fingerprint density at radius 2 is 1.87 bits per heavy atom. The Morgan fingerprint density at radius 3 is 2.60 bits per heavy atom. The van der Waals surface area contributed by atoms with Crippen LogP contribution in [-0.2, 0) is 4.74 Å². The van der Waals surface area contributed by atoms with Gasteiger partial charge in [-0.1, -0.05) is 26.0 Å². The highest BCUT2D eigenvalue weighted by Gasteiger charge is 2.18. The number of nitrogens with one attached hydrogen (secondary N) is 1. The fraction of sp³-hybridized carbons (Fsp3) is 0.348. The van der Waals surface area contributed by atoms with Crippen molar-refractivity contribution in [1.29, 1.82) is 0 Å². The molecule has 0 aliphatic heterocycles. The van der Waals surface area contributed by atoms with Crippen LogP contribution in [0.3, 0.4) is 0 Å². The van der Waals surface area contributed by atoms with E-state index in [0.717, 1.165) is 6.42 Å². The molecule has 1 heterocycles. The van der Waals surface area contributed by atoms with Crippen LogP contribution in [0.4, 0.5) is 0 Å². The molecular weight excluding hydrogens is 384 g/mol. The maximum Gasteiger partial charge on any atom is 0.338 e. The molecule has 7 heteroatoms. The molecule has 0 saturated carbocycles. The van der Waals surface area contributed by atoms with E-state index in [0.29, 0.717) is 40.5 Å². The maximum absolute atomic E-state index is 12.6. The van der Waals surface area contributed by atoms with Crippen molar-refractivity contribution in [1.82, 2.24) is 9.97 Å². The Morgan fingerprint density at radius 1 is 1.10 bits per heavy atom. The fourth-order valence-corrected chi connectivity index (χ4v) is 2.90. The summed E-state index contributed by atoms with van der Waals surface area (Å²) < 4.78 is 16.6. The third-order valence-corrected chi connectivity index (χ3v) is 4.65. The van der Waals surface area contributed by atoms with Crippen molar-refractivity contribution < 1.29 is 19.0 Å². The molecule has 0 aliphatic carbocycles. The van der Waals surface area contributed by atoms with Crippen molar-refractivity contribution in [2.45, 2.75) is 33.3 Å². The first-order valence-electron chi connectivity index (χ1n) is 9.89. The fourth-order valence-electron chi connectivity index (χ4n) is 2.90. The van der Waals surface area contributed by atoms with Crippen LogP contribution in [0.25, 0.3) is 10.9 Å². The van der Waals surface area contributed by atoms with E-state index in [4.69, 9.17) is 14.2 Å². The molecule has 1 aromatic heterocycles. The number of hydrogen-bond acceptors (Lipinski definition) is 6. The van der Waals surface area contributed by atoms with Gasteiger partial charge in [-0.05, 0) is 49.6 Å². The van der Waals surface area contributed by atoms with E-state index < -0.39 is 12.1 Å². The third kappa shape index (κ3) is 4.97. The monoisotopic (exact) mass is 410 g/mol. The molecule has 0 saturated heterocycles. The zero-order valence-corrected chi connectivity index (χ0v) is 17.6. The van der Waals surface area contributed by atoms with E-state index in [2.05, 4.69) is 23.8 Å². The van der Waals surface area contributed by atoms with E-state index in [1.165, 1.54) is 7.11 Å². The SMILES string of the molecule is COc1cc(C(=O)OC(C)c2nc3ccccc3c(=O)[nH]2)ccc1OCCC(C)C. The number of ether oxygens (including phenoxy) is 3. The lowest BCUT2D eigenvalue weighted by molar-refractivity contribution is 0.0319. The van der Waals surface area contributed by atoms with Gasteiger partial charge in [0, 0.05) is 0 Å². The zero-order chi connectivity index (χ0) is 21.7. The number of aromatic nitrogens is 2. The van der Waals surface area contributed by atoms with Gasteiger partial charge in [-0.25, -0.2) is 9.78 Å². The van der Waals surface area contributed by atoms with Crippen molar-refractivity contribution in [3.63, 3.8) is 0 Å². The highest BCUT2D eigenvalue weighted by atomic mass is 16.5. The number of rotatable bonds is 8. The summed E-state index contributed by atoms with van der Waals surface area (Å²) in [7, 11) is 1.52. The summed E-state index contributed by atoms with van der Waals surface area (Å²) >= 11 is 0. The minimum Gasteiger partial charge on any atom is -0.493 e. The predicted molar refractivity (Wildman–Crippen MR) is 114 cm³/mol. The smallest absolute Gasteiger partial charge is 0.338 e. The second-order valence-electron chi connectivity index (χ2n) is 7.41. The largest absolute Gasteiger partial charge is 0.493 e. The van der Waals surface area contributed by atoms with Crippen molar-refractivity contribution in [2.75, 3.05) is 13.7 Å². The molecule has 3 rings (SSSR count). The molecule has 0 spiro atoms. The lowest BCUT2D eigenvalue weighted by Crippen LogP contribution is -2.17. The molecule has 158 valence electrons. The molecule has 0 radical (unpaired) electrons. The van der Waals surface area contributed by atoms with Gasteiger partial charge in [0.15, 0.2) is 23.4 Å². The molecule has 2 aromatic carbocycles. The molecule has 1 unspecified atom stereocenters. The number of benzene rings is 2. The Labute approximate surface area is 175 Å². The lowest BCUT2D eigenvalue weighted by atomic mass is 10.1. The minimum absolute atomic E-state index is 0.275. The van der Waals surface area contributed by atoms with Crippen LogP contribution in [-0.4, -0.2) is 29.7 Å². The summed E-state index contributed by atoms with van der Waals surface area (Å²) in [4.78, 5) is 31.9. The molecule has 7 nitrogen and oxygen atoms in total. The van der Waals surface area contributed by atoms with Gasteiger partial charge in [-0.2, -0.15) is 0 Å². The Balaban J connectivity index is 1.74. The van der Waals surface area contributed by atoms with Gasteiger partial charge in [-0.3, -0.25) is 4.79 Å². The van der Waals surface area contributed by atoms with E-state index in [-0.39, 0.29) is 11.4 Å². The second kappa shape index (κ2) is 9.43. The molecule has 1 atom stereocenters. The van der Waals surface area contributed by atoms with Gasteiger partial charge >= 0.3 is 5.97 Å². The van der Waals surface area contributed by atoms with Crippen LogP contribution < -0.4 is 15.0 Å². The standard InChI is InChI=1S/C23H26N2O5/c1-14(2)11-12-29-19-10-9-16(13-20(19)28-4)23(27)30-15(3)21-24-18-8-6-5-7-17(18)22(26)25-21/h5-10,13-15H,11-12H2,1-4H3,(H,24,25,26). The number of methoxy groups -OCH3 is 1. The number of carbonyl (C=O) groups is 1. The average molecular weight is 410 g/mol. The normalized spacial score (nSPS) is 12.0. The van der Waals surface area contributed by atoms with E-state index >= 15 is 0 Å². The van der Waals surface area contributed by atoms with E-state index in [1.807, 2.05) is 0 Å². The highest BCUT2D eigenvalue weighted by Crippen LogP contribution is 2.29. The van der Waals surface area contributed by atoms with Gasteiger partial charge in [0.05, 0.1) is 30.2 Å². The summed E-state index contributed by atoms with van der Waals surface area (Å²) in [5.41, 5.74) is 0.588. The van der Waals surface area contributed by atoms with Gasteiger partial charge in [-0.15, -0.1) is 0 Å². The molecular formula is C23H26N2O5. The van der Waals surface area contributed by atoms with Crippen LogP contribution in [0.1, 0.15) is 49.5 Å². The van der Waals surface area contributed by atoms with Gasteiger partial charge in [0.2, 0.25) is 0 Å². The quantitative estimate of drug-likeness (QED) is 0.558. The Hall–Kier alpha value is -3.35. The number of H-pyrrole nitrogens is 1. The number of para-hydroxylation sites is 1. The van der Waals surface area contributed by atoms with Crippen LogP contribution in [0.5, 0.6) is 11.5 Å². The van der Waals surface area contributed by atoms with Crippen molar-refractivity contribution in [2.24, 2.45) is 5.92 Å². The summed E-state index contributed by atoms with van der Waals surface area (Å²) in [6.45, 7) is 6.47. The van der Waals surface area contributed by atoms with Crippen LogP contribution >= 0.6 is 0 Å². The van der Waals surface area contributed by atoms with Gasteiger partial charge in [0.1, 0.15) is 0 Å². The van der Waals surface area contributed by atoms with Crippen LogP contribution in [0.15, 0.2) is 47.3 Å². The molecule has 0 aliphatic rings. The van der Waals surface area contributed by atoms with Gasteiger partial charge < -0.3 is 19.2 Å². The molecule has 0 fully saturated rings. The topological polar surface area (TPSA) is 90.5 Å². The van der Waals surface area contributed by atoms with Crippen LogP contribution in [0, 0.1) is 5.92 Å². The number of aromatic amines is 1. The van der Waals surface area contributed by atoms with Crippen molar-refractivity contribution in [3.05, 3.63) is 64.2 Å². The Bertz CT molecular complexity index is 1090. The first-order valence-corrected chi connectivity index (χ1v) is 9.89. The zero-order valence-electron chi connectivity index (χ0n) is 17.6. The summed E-state index contributed by atoms with van der Waals surface area (Å²) in [6, 6.07) is 11.9. The molecule has 30 heavy (non-hydrogen) atoms. The first kappa shape index (κ1) is 21.4.